The van der Waals surface area contributed by atoms with Crippen molar-refractivity contribution < 1.29 is 13.9 Å². The number of nitrogen functional groups attached to an aromatic ring is 2. The molecule has 4 N–H and O–H groups in total. The topological polar surface area (TPSA) is 109 Å². The number of nitrogens with zero attached hydrogens (tertiary/aromatic N) is 3. The Bertz CT molecular complexity index is 915. The second-order valence-electron chi connectivity index (χ2n) is 5.49. The molecule has 0 atom stereocenters. The van der Waals surface area contributed by atoms with Crippen LogP contribution in [-0.4, -0.2) is 28.9 Å². The summed E-state index contributed by atoms with van der Waals surface area (Å²) in [5.41, 5.74) is 15.1. The number of anilines is 2. The lowest BCUT2D eigenvalue weighted by molar-refractivity contribution is -0.0390. The largest absolute Gasteiger partial charge is 0.383 e. The first-order valence-corrected chi connectivity index (χ1v) is 7.56. The van der Waals surface area contributed by atoms with Crippen molar-refractivity contribution in [3.8, 4) is 11.3 Å². The Labute approximate surface area is 143 Å². The van der Waals surface area contributed by atoms with E-state index in [1.165, 1.54) is 12.1 Å². The number of nitrogens with two attached hydrogens (primary N) is 2. The number of aryl methyl sites for hydroxylation is 1. The summed E-state index contributed by atoms with van der Waals surface area (Å²) in [6.45, 7) is 2.27. The van der Waals surface area contributed by atoms with Crippen LogP contribution in [0.1, 0.15) is 11.1 Å². The van der Waals surface area contributed by atoms with Gasteiger partial charge in [-0.3, -0.25) is 0 Å². The Kier molecular flexibility index (Phi) is 4.73. The molecule has 0 aliphatic rings. The van der Waals surface area contributed by atoms with Crippen LogP contribution in [0.3, 0.4) is 0 Å². The minimum absolute atomic E-state index is 0.0466. The number of methoxy groups -OCH3 is 1. The van der Waals surface area contributed by atoms with Crippen molar-refractivity contribution in [1.29, 1.82) is 0 Å². The van der Waals surface area contributed by atoms with Crippen molar-refractivity contribution in [3.63, 3.8) is 0 Å². The lowest BCUT2D eigenvalue weighted by Gasteiger charge is -2.16. The normalized spacial score (nSPS) is 11.2. The van der Waals surface area contributed by atoms with Crippen molar-refractivity contribution in [3.05, 3.63) is 41.2 Å². The molecule has 0 radical (unpaired) electrons. The minimum atomic E-state index is -0.325. The quantitative estimate of drug-likeness (QED) is 0.541. The van der Waals surface area contributed by atoms with Gasteiger partial charge in [0.2, 0.25) is 5.95 Å². The molecule has 0 fully saturated rings. The number of ether oxygens (including phenoxy) is 2. The summed E-state index contributed by atoms with van der Waals surface area (Å²) in [7, 11) is 1.54. The van der Waals surface area contributed by atoms with Gasteiger partial charge in [-0.1, -0.05) is 0 Å². The summed E-state index contributed by atoms with van der Waals surface area (Å²) in [4.78, 5) is 12.8. The van der Waals surface area contributed by atoms with E-state index in [1.807, 2.05) is 6.92 Å². The zero-order valence-electron chi connectivity index (χ0n) is 13.9. The van der Waals surface area contributed by atoms with Gasteiger partial charge in [0.15, 0.2) is 5.65 Å². The van der Waals surface area contributed by atoms with E-state index in [0.717, 1.165) is 16.7 Å². The highest BCUT2D eigenvalue weighted by atomic mass is 19.1. The molecule has 0 spiro atoms. The second kappa shape index (κ2) is 6.96. The molecular weight excluding hydrogens is 325 g/mol. The third kappa shape index (κ3) is 3.35. The summed E-state index contributed by atoms with van der Waals surface area (Å²) >= 11 is 0. The van der Waals surface area contributed by atoms with Gasteiger partial charge in [-0.25, -0.2) is 9.37 Å². The first-order chi connectivity index (χ1) is 12.0. The number of rotatable bonds is 5. The standard InChI is InChI=1S/C17H18FN5O2/c1-9-12(7-25-8-24-2)14(10-3-5-11(18)6-4-10)21-16-13(9)15(19)22-17(20)23-16/h3-6H,7-8H2,1-2H3,(H4,19,20,21,22,23). The summed E-state index contributed by atoms with van der Waals surface area (Å²) in [5, 5.41) is 0.621. The summed E-state index contributed by atoms with van der Waals surface area (Å²) in [6.07, 6.45) is 0. The third-order valence-electron chi connectivity index (χ3n) is 3.83. The number of halogens is 1. The molecule has 0 aliphatic carbocycles. The van der Waals surface area contributed by atoms with Gasteiger partial charge in [0.25, 0.3) is 0 Å². The molecule has 0 bridgehead atoms. The fourth-order valence-corrected chi connectivity index (χ4v) is 2.68. The monoisotopic (exact) mass is 343 g/mol. The first kappa shape index (κ1) is 17.0. The Morgan fingerprint density at radius 3 is 2.48 bits per heavy atom. The Hall–Kier alpha value is -2.84. The number of hydrogen-bond donors (Lipinski definition) is 2. The van der Waals surface area contributed by atoms with Crippen LogP contribution >= 0.6 is 0 Å². The average Bonchev–Trinajstić information content (AvgIpc) is 2.57. The van der Waals surface area contributed by atoms with E-state index in [4.69, 9.17) is 20.9 Å². The third-order valence-corrected chi connectivity index (χ3v) is 3.83. The van der Waals surface area contributed by atoms with Gasteiger partial charge in [0.05, 0.1) is 17.7 Å². The Morgan fingerprint density at radius 2 is 1.80 bits per heavy atom. The molecule has 130 valence electrons. The molecule has 0 unspecified atom stereocenters. The van der Waals surface area contributed by atoms with Gasteiger partial charge in [-0.2, -0.15) is 9.97 Å². The average molecular weight is 343 g/mol. The zero-order valence-corrected chi connectivity index (χ0v) is 13.9. The lowest BCUT2D eigenvalue weighted by Crippen LogP contribution is -2.08. The van der Waals surface area contributed by atoms with Crippen LogP contribution in [-0.2, 0) is 16.1 Å². The maximum absolute atomic E-state index is 13.3. The molecule has 2 aromatic heterocycles. The molecule has 0 aliphatic heterocycles. The maximum atomic E-state index is 13.3. The van der Waals surface area contributed by atoms with E-state index in [0.29, 0.717) is 16.7 Å². The van der Waals surface area contributed by atoms with Crippen molar-refractivity contribution in [2.24, 2.45) is 0 Å². The van der Waals surface area contributed by atoms with E-state index < -0.39 is 0 Å². The fourth-order valence-electron chi connectivity index (χ4n) is 2.68. The Balaban J connectivity index is 2.24. The molecule has 3 aromatic rings. The summed E-state index contributed by atoms with van der Waals surface area (Å²) in [5.74, 6) is -0.0225. The number of pyridine rings is 1. The predicted octanol–water partition coefficient (Wildman–Crippen LogP) is 2.42. The van der Waals surface area contributed by atoms with Gasteiger partial charge in [0.1, 0.15) is 18.4 Å². The molecule has 7 nitrogen and oxygen atoms in total. The fraction of sp³-hybridized carbons (Fsp3) is 0.235. The van der Waals surface area contributed by atoms with E-state index >= 15 is 0 Å². The molecule has 3 rings (SSSR count). The number of fused-ring (bicyclic) bond motifs is 1. The molecule has 0 saturated carbocycles. The molecule has 25 heavy (non-hydrogen) atoms. The van der Waals surface area contributed by atoms with Crippen LogP contribution in [0.2, 0.25) is 0 Å². The van der Waals surface area contributed by atoms with Gasteiger partial charge in [-0.05, 0) is 36.8 Å². The van der Waals surface area contributed by atoms with Crippen molar-refractivity contribution >= 4 is 22.8 Å². The van der Waals surface area contributed by atoms with Gasteiger partial charge >= 0.3 is 0 Å². The van der Waals surface area contributed by atoms with E-state index in [1.54, 1.807) is 19.2 Å². The first-order valence-electron chi connectivity index (χ1n) is 7.56. The number of benzene rings is 1. The highest BCUT2D eigenvalue weighted by Gasteiger charge is 2.18. The Morgan fingerprint density at radius 1 is 1.08 bits per heavy atom. The van der Waals surface area contributed by atoms with Crippen LogP contribution < -0.4 is 11.5 Å². The van der Waals surface area contributed by atoms with E-state index in [9.17, 15) is 4.39 Å². The van der Waals surface area contributed by atoms with E-state index in [-0.39, 0.29) is 31.0 Å². The maximum Gasteiger partial charge on any atom is 0.224 e. The SMILES string of the molecule is COCOCc1c(-c2ccc(F)cc2)nc2nc(N)nc(N)c2c1C. The van der Waals surface area contributed by atoms with Crippen LogP contribution in [0.25, 0.3) is 22.3 Å². The molecule has 0 saturated heterocycles. The second-order valence-corrected chi connectivity index (χ2v) is 5.49. The number of hydrogen-bond acceptors (Lipinski definition) is 7. The van der Waals surface area contributed by atoms with E-state index in [2.05, 4.69) is 15.0 Å². The van der Waals surface area contributed by atoms with Crippen LogP contribution in [0.4, 0.5) is 16.2 Å². The van der Waals surface area contributed by atoms with Crippen LogP contribution in [0, 0.1) is 12.7 Å². The molecular formula is C17H18FN5O2. The molecule has 2 heterocycles. The van der Waals surface area contributed by atoms with Crippen LogP contribution in [0.15, 0.2) is 24.3 Å². The van der Waals surface area contributed by atoms with Gasteiger partial charge in [-0.15, -0.1) is 0 Å². The van der Waals surface area contributed by atoms with Crippen molar-refractivity contribution in [2.75, 3.05) is 25.4 Å². The van der Waals surface area contributed by atoms with Gasteiger partial charge < -0.3 is 20.9 Å². The molecule has 1 aromatic carbocycles. The smallest absolute Gasteiger partial charge is 0.224 e. The van der Waals surface area contributed by atoms with Crippen molar-refractivity contribution in [2.45, 2.75) is 13.5 Å². The van der Waals surface area contributed by atoms with Crippen LogP contribution in [0.5, 0.6) is 0 Å². The van der Waals surface area contributed by atoms with Gasteiger partial charge in [0, 0.05) is 18.2 Å². The predicted molar refractivity (Wildman–Crippen MR) is 93.0 cm³/mol. The lowest BCUT2D eigenvalue weighted by atomic mass is 9.99. The number of aromatic nitrogens is 3. The molecule has 8 heteroatoms. The highest BCUT2D eigenvalue weighted by molar-refractivity contribution is 5.92. The van der Waals surface area contributed by atoms with Crippen molar-refractivity contribution in [1.82, 2.24) is 15.0 Å². The highest BCUT2D eigenvalue weighted by Crippen LogP contribution is 2.32. The zero-order chi connectivity index (χ0) is 18.0. The summed E-state index contributed by atoms with van der Waals surface area (Å²) in [6, 6.07) is 6.05. The summed E-state index contributed by atoms with van der Waals surface area (Å²) < 4.78 is 23.7. The molecule has 0 amide bonds. The minimum Gasteiger partial charge on any atom is -0.383 e.